The van der Waals surface area contributed by atoms with Crippen LogP contribution in [0.25, 0.3) is 0 Å². The summed E-state index contributed by atoms with van der Waals surface area (Å²) in [5, 5.41) is 21.6. The largest absolute Gasteiger partial charge is 0.393 e. The molecule has 0 aliphatic heterocycles. The van der Waals surface area contributed by atoms with Gasteiger partial charge in [0.1, 0.15) is 0 Å². The minimum atomic E-state index is -0.315. The lowest BCUT2D eigenvalue weighted by Gasteiger charge is -2.59. The zero-order valence-electron chi connectivity index (χ0n) is 20.9. The highest BCUT2D eigenvalue weighted by Crippen LogP contribution is 2.67. The van der Waals surface area contributed by atoms with Gasteiger partial charge in [-0.05, 0) is 117 Å². The van der Waals surface area contributed by atoms with E-state index in [1.54, 1.807) is 0 Å². The van der Waals surface area contributed by atoms with E-state index in [-0.39, 0.29) is 17.6 Å². The maximum absolute atomic E-state index is 11.3. The molecule has 3 fully saturated rings. The van der Waals surface area contributed by atoms with Crippen molar-refractivity contribution in [1.29, 1.82) is 0 Å². The van der Waals surface area contributed by atoms with Crippen LogP contribution < -0.4 is 0 Å². The summed E-state index contributed by atoms with van der Waals surface area (Å²) in [4.78, 5) is 0. The SMILES string of the molecule is C=C(C)[C@@H](CC)CC[C@@H](C)[C@H]1CC[C@H]2[C@@H]3[C@@H](O)C=C4C[C@@H](O)CC[C@]4(C)[C@H]3CC[C@]12C. The van der Waals surface area contributed by atoms with Crippen LogP contribution in [-0.4, -0.2) is 22.4 Å². The molecule has 0 amide bonds. The van der Waals surface area contributed by atoms with E-state index in [4.69, 9.17) is 0 Å². The number of fused-ring (bicyclic) bond motifs is 5. The molecule has 2 N–H and O–H groups in total. The summed E-state index contributed by atoms with van der Waals surface area (Å²) in [7, 11) is 0. The summed E-state index contributed by atoms with van der Waals surface area (Å²) >= 11 is 0. The third kappa shape index (κ3) is 3.88. The molecule has 3 saturated carbocycles. The van der Waals surface area contributed by atoms with Crippen molar-refractivity contribution in [1.82, 2.24) is 0 Å². The summed E-state index contributed by atoms with van der Waals surface area (Å²) in [6, 6.07) is 0. The predicted octanol–water partition coefficient (Wildman–Crippen LogP) is 6.92. The molecule has 0 saturated heterocycles. The van der Waals surface area contributed by atoms with Crippen LogP contribution in [0.15, 0.2) is 23.8 Å². The number of hydrogen-bond donors (Lipinski definition) is 2. The second kappa shape index (κ2) is 8.64. The first-order valence-corrected chi connectivity index (χ1v) is 13.3. The molecule has 0 aromatic rings. The molecule has 2 heteroatoms. The van der Waals surface area contributed by atoms with Gasteiger partial charge in [0.2, 0.25) is 0 Å². The van der Waals surface area contributed by atoms with Crippen molar-refractivity contribution in [3.8, 4) is 0 Å². The van der Waals surface area contributed by atoms with Gasteiger partial charge < -0.3 is 10.2 Å². The molecule has 0 bridgehead atoms. The lowest BCUT2D eigenvalue weighted by Crippen LogP contribution is -2.54. The fourth-order valence-electron chi connectivity index (χ4n) is 9.07. The fourth-order valence-corrected chi connectivity index (χ4v) is 9.07. The van der Waals surface area contributed by atoms with Crippen LogP contribution in [0.2, 0.25) is 0 Å². The first-order chi connectivity index (χ1) is 14.6. The maximum Gasteiger partial charge on any atom is 0.0757 e. The van der Waals surface area contributed by atoms with E-state index in [1.165, 1.54) is 56.1 Å². The lowest BCUT2D eigenvalue weighted by molar-refractivity contribution is -0.0971. The summed E-state index contributed by atoms with van der Waals surface area (Å²) in [6.45, 7) is 16.3. The Bertz CT molecular complexity index is 710. The Morgan fingerprint density at radius 3 is 2.52 bits per heavy atom. The molecule has 4 aliphatic carbocycles. The van der Waals surface area contributed by atoms with Gasteiger partial charge in [0, 0.05) is 0 Å². The van der Waals surface area contributed by atoms with Gasteiger partial charge >= 0.3 is 0 Å². The highest BCUT2D eigenvalue weighted by molar-refractivity contribution is 5.27. The predicted molar refractivity (Wildman–Crippen MR) is 130 cm³/mol. The first kappa shape index (κ1) is 23.6. The van der Waals surface area contributed by atoms with Gasteiger partial charge in [-0.1, -0.05) is 51.5 Å². The lowest BCUT2D eigenvalue weighted by atomic mass is 9.46. The molecule has 4 rings (SSSR count). The van der Waals surface area contributed by atoms with E-state index in [9.17, 15) is 10.2 Å². The highest BCUT2D eigenvalue weighted by Gasteiger charge is 2.61. The molecule has 0 aromatic carbocycles. The summed E-state index contributed by atoms with van der Waals surface area (Å²) in [5.74, 6) is 3.88. The van der Waals surface area contributed by atoms with Crippen molar-refractivity contribution in [2.75, 3.05) is 0 Å². The Balaban J connectivity index is 1.52. The quantitative estimate of drug-likeness (QED) is 0.451. The van der Waals surface area contributed by atoms with Crippen LogP contribution in [0.3, 0.4) is 0 Å². The average Bonchev–Trinajstić information content (AvgIpc) is 3.06. The molecule has 0 heterocycles. The molecule has 31 heavy (non-hydrogen) atoms. The van der Waals surface area contributed by atoms with Gasteiger partial charge in [-0.2, -0.15) is 0 Å². The molecular weight excluding hydrogens is 380 g/mol. The monoisotopic (exact) mass is 428 g/mol. The molecular formula is C29H48O2. The third-order valence-corrected chi connectivity index (χ3v) is 11.0. The second-order valence-corrected chi connectivity index (χ2v) is 12.5. The minimum absolute atomic E-state index is 0.198. The number of aliphatic hydroxyl groups is 2. The molecule has 0 unspecified atom stereocenters. The second-order valence-electron chi connectivity index (χ2n) is 12.5. The summed E-state index contributed by atoms with van der Waals surface area (Å²) in [5.41, 5.74) is 3.29. The first-order valence-electron chi connectivity index (χ1n) is 13.3. The van der Waals surface area contributed by atoms with Gasteiger partial charge in [-0.15, -0.1) is 0 Å². The number of allylic oxidation sites excluding steroid dienone is 1. The number of hydrogen-bond acceptors (Lipinski definition) is 2. The molecule has 4 aliphatic rings. The van der Waals surface area contributed by atoms with Crippen molar-refractivity contribution < 1.29 is 10.2 Å². The van der Waals surface area contributed by atoms with Crippen LogP contribution >= 0.6 is 0 Å². The Morgan fingerprint density at radius 1 is 1.10 bits per heavy atom. The van der Waals surface area contributed by atoms with Gasteiger partial charge in [0.25, 0.3) is 0 Å². The molecule has 0 radical (unpaired) electrons. The van der Waals surface area contributed by atoms with Gasteiger partial charge in [0.05, 0.1) is 12.2 Å². The van der Waals surface area contributed by atoms with Gasteiger partial charge in [0.15, 0.2) is 0 Å². The van der Waals surface area contributed by atoms with E-state index in [0.717, 1.165) is 31.1 Å². The zero-order chi connectivity index (χ0) is 22.6. The standard InChI is InChI=1S/C29H48O2/c1-7-20(18(2)3)9-8-19(4)23-10-11-24-27-25(13-15-29(23,24)6)28(5)14-12-22(30)16-21(28)17-26(27)31/h17,19-20,22-27,30-31H,2,7-16H2,1,3-6H3/t19-,20+,22+,23-,24+,25+,26+,27+,28+,29-/m1/s1. The van der Waals surface area contributed by atoms with Crippen LogP contribution in [0, 0.1) is 46.3 Å². The Labute approximate surface area is 191 Å². The van der Waals surface area contributed by atoms with E-state index in [2.05, 4.69) is 47.3 Å². The topological polar surface area (TPSA) is 40.5 Å². The van der Waals surface area contributed by atoms with Crippen molar-refractivity contribution >= 4 is 0 Å². The van der Waals surface area contributed by atoms with Crippen molar-refractivity contribution in [3.63, 3.8) is 0 Å². The Hall–Kier alpha value is -0.600. The van der Waals surface area contributed by atoms with Crippen molar-refractivity contribution in [3.05, 3.63) is 23.8 Å². The van der Waals surface area contributed by atoms with Crippen LogP contribution in [-0.2, 0) is 0 Å². The van der Waals surface area contributed by atoms with Gasteiger partial charge in [-0.3, -0.25) is 0 Å². The zero-order valence-corrected chi connectivity index (χ0v) is 20.9. The minimum Gasteiger partial charge on any atom is -0.393 e. The van der Waals surface area contributed by atoms with E-state index >= 15 is 0 Å². The molecule has 0 aromatic heterocycles. The Kier molecular flexibility index (Phi) is 6.56. The van der Waals surface area contributed by atoms with Gasteiger partial charge in [-0.25, -0.2) is 0 Å². The normalized spacial score (nSPS) is 46.4. The fraction of sp³-hybridized carbons (Fsp3) is 0.862. The van der Waals surface area contributed by atoms with E-state index in [0.29, 0.717) is 29.1 Å². The highest BCUT2D eigenvalue weighted by atomic mass is 16.3. The summed E-state index contributed by atoms with van der Waals surface area (Å²) in [6.07, 6.45) is 13.5. The van der Waals surface area contributed by atoms with Crippen molar-refractivity contribution in [2.45, 2.75) is 111 Å². The smallest absolute Gasteiger partial charge is 0.0757 e. The molecule has 2 nitrogen and oxygen atoms in total. The average molecular weight is 429 g/mol. The Morgan fingerprint density at radius 2 is 1.84 bits per heavy atom. The van der Waals surface area contributed by atoms with Crippen LogP contribution in [0.1, 0.15) is 98.8 Å². The van der Waals surface area contributed by atoms with E-state index in [1.807, 2.05) is 0 Å². The van der Waals surface area contributed by atoms with Crippen LogP contribution in [0.5, 0.6) is 0 Å². The maximum atomic E-state index is 11.3. The summed E-state index contributed by atoms with van der Waals surface area (Å²) < 4.78 is 0. The molecule has 10 atom stereocenters. The van der Waals surface area contributed by atoms with E-state index < -0.39 is 0 Å². The number of aliphatic hydroxyl groups excluding tert-OH is 2. The molecule has 0 spiro atoms. The van der Waals surface area contributed by atoms with Crippen LogP contribution in [0.4, 0.5) is 0 Å². The molecule has 176 valence electrons. The number of rotatable bonds is 6. The third-order valence-electron chi connectivity index (χ3n) is 11.0. The van der Waals surface area contributed by atoms with Crippen molar-refractivity contribution in [2.24, 2.45) is 46.3 Å².